The highest BCUT2D eigenvalue weighted by molar-refractivity contribution is 8.93. The zero-order valence-electron chi connectivity index (χ0n) is 11.3. The molecule has 0 spiro atoms. The van der Waals surface area contributed by atoms with E-state index in [1.807, 2.05) is 18.2 Å². The molecule has 1 saturated carbocycles. The lowest BCUT2D eigenvalue weighted by Gasteiger charge is -2.39. The van der Waals surface area contributed by atoms with Gasteiger partial charge in [0, 0.05) is 18.3 Å². The minimum absolute atomic E-state index is 0. The van der Waals surface area contributed by atoms with Crippen LogP contribution in [0.4, 0.5) is 5.69 Å². The summed E-state index contributed by atoms with van der Waals surface area (Å²) in [5.41, 5.74) is 1.14. The van der Waals surface area contributed by atoms with E-state index in [0.717, 1.165) is 37.9 Å². The highest BCUT2D eigenvalue weighted by Crippen LogP contribution is 2.31. The molecule has 2 atom stereocenters. The fourth-order valence-corrected chi connectivity index (χ4v) is 3.00. The Kier molecular flexibility index (Phi) is 6.35. The molecule has 19 heavy (non-hydrogen) atoms. The maximum absolute atomic E-state index is 11.4. The van der Waals surface area contributed by atoms with Crippen molar-refractivity contribution in [2.24, 2.45) is 5.92 Å². The van der Waals surface area contributed by atoms with Gasteiger partial charge in [0.05, 0.1) is 5.92 Å². The number of nitrogens with zero attached hydrogens (tertiary/aromatic N) is 1. The molecule has 0 radical (unpaired) electrons. The standard InChI is InChI=1S/C15H21NO2.BrH/c1-2-16(12-8-4-3-5-9-12)14-11-7-6-10-13(14)15(17)18;/h3-5,8-9,13-14H,2,6-7,10-11H2,1H3,(H,17,18);1H. The summed E-state index contributed by atoms with van der Waals surface area (Å²) >= 11 is 0. The monoisotopic (exact) mass is 327 g/mol. The van der Waals surface area contributed by atoms with Crippen LogP contribution in [0.3, 0.4) is 0 Å². The third kappa shape index (κ3) is 3.72. The van der Waals surface area contributed by atoms with E-state index in [0.29, 0.717) is 0 Å². The van der Waals surface area contributed by atoms with Crippen LogP contribution in [0.25, 0.3) is 0 Å². The van der Waals surface area contributed by atoms with Crippen molar-refractivity contribution in [3.8, 4) is 0 Å². The normalized spacial score (nSPS) is 22.4. The minimum Gasteiger partial charge on any atom is -0.481 e. The summed E-state index contributed by atoms with van der Waals surface area (Å²) in [4.78, 5) is 13.6. The van der Waals surface area contributed by atoms with Crippen molar-refractivity contribution in [2.75, 3.05) is 11.4 Å². The van der Waals surface area contributed by atoms with Gasteiger partial charge in [-0.15, -0.1) is 17.0 Å². The Balaban J connectivity index is 0.00000180. The second-order valence-electron chi connectivity index (χ2n) is 4.92. The fourth-order valence-electron chi connectivity index (χ4n) is 3.00. The Hall–Kier alpha value is -1.03. The van der Waals surface area contributed by atoms with Crippen LogP contribution in [0.2, 0.25) is 0 Å². The third-order valence-corrected chi connectivity index (χ3v) is 3.88. The zero-order valence-corrected chi connectivity index (χ0v) is 13.0. The Morgan fingerprint density at radius 2 is 1.89 bits per heavy atom. The molecule has 0 saturated heterocycles. The van der Waals surface area contributed by atoms with Crippen molar-refractivity contribution in [3.63, 3.8) is 0 Å². The van der Waals surface area contributed by atoms with E-state index in [1.54, 1.807) is 0 Å². The summed E-state index contributed by atoms with van der Waals surface area (Å²) in [6.45, 7) is 2.96. The average molecular weight is 328 g/mol. The first-order valence-electron chi connectivity index (χ1n) is 6.78. The maximum atomic E-state index is 11.4. The molecule has 1 aliphatic rings. The van der Waals surface area contributed by atoms with E-state index >= 15 is 0 Å². The van der Waals surface area contributed by atoms with Crippen molar-refractivity contribution in [1.82, 2.24) is 0 Å². The number of para-hydroxylation sites is 1. The van der Waals surface area contributed by atoms with Gasteiger partial charge in [0.2, 0.25) is 0 Å². The fraction of sp³-hybridized carbons (Fsp3) is 0.533. The molecular formula is C15H22BrNO2. The maximum Gasteiger partial charge on any atom is 0.308 e. The molecule has 2 unspecified atom stereocenters. The molecular weight excluding hydrogens is 306 g/mol. The van der Waals surface area contributed by atoms with Crippen molar-refractivity contribution < 1.29 is 9.90 Å². The lowest BCUT2D eigenvalue weighted by Crippen LogP contribution is -2.45. The number of carboxylic acid groups (broad SMARTS) is 1. The van der Waals surface area contributed by atoms with E-state index in [1.165, 1.54) is 0 Å². The van der Waals surface area contributed by atoms with E-state index in [2.05, 4.69) is 24.0 Å². The molecule has 3 nitrogen and oxygen atoms in total. The van der Waals surface area contributed by atoms with Gasteiger partial charge in [-0.25, -0.2) is 0 Å². The van der Waals surface area contributed by atoms with Crippen LogP contribution in [0.1, 0.15) is 32.6 Å². The predicted octanol–water partition coefficient (Wildman–Crippen LogP) is 3.73. The predicted molar refractivity (Wildman–Crippen MR) is 83.2 cm³/mol. The highest BCUT2D eigenvalue weighted by Gasteiger charge is 2.34. The lowest BCUT2D eigenvalue weighted by atomic mass is 9.83. The van der Waals surface area contributed by atoms with Gasteiger partial charge < -0.3 is 10.0 Å². The van der Waals surface area contributed by atoms with Gasteiger partial charge in [0.25, 0.3) is 0 Å². The summed E-state index contributed by atoms with van der Waals surface area (Å²) in [5.74, 6) is -0.868. The number of rotatable bonds is 4. The van der Waals surface area contributed by atoms with Crippen molar-refractivity contribution >= 4 is 28.6 Å². The summed E-state index contributed by atoms with van der Waals surface area (Å²) in [6, 6.07) is 10.3. The highest BCUT2D eigenvalue weighted by atomic mass is 79.9. The van der Waals surface area contributed by atoms with Crippen LogP contribution in [0.5, 0.6) is 0 Å². The molecule has 0 aromatic heterocycles. The van der Waals surface area contributed by atoms with Gasteiger partial charge in [-0.3, -0.25) is 4.79 Å². The quantitative estimate of drug-likeness (QED) is 0.915. The van der Waals surface area contributed by atoms with E-state index < -0.39 is 5.97 Å². The molecule has 4 heteroatoms. The first-order valence-corrected chi connectivity index (χ1v) is 6.78. The Morgan fingerprint density at radius 1 is 1.26 bits per heavy atom. The second kappa shape index (κ2) is 7.53. The summed E-state index contributed by atoms with van der Waals surface area (Å²) in [7, 11) is 0. The summed E-state index contributed by atoms with van der Waals surface area (Å²) < 4.78 is 0. The van der Waals surface area contributed by atoms with E-state index in [4.69, 9.17) is 0 Å². The summed E-state index contributed by atoms with van der Waals surface area (Å²) in [6.07, 6.45) is 3.97. The van der Waals surface area contributed by atoms with Gasteiger partial charge in [0.15, 0.2) is 0 Å². The van der Waals surface area contributed by atoms with E-state index in [-0.39, 0.29) is 28.9 Å². The third-order valence-electron chi connectivity index (χ3n) is 3.88. The molecule has 106 valence electrons. The van der Waals surface area contributed by atoms with Crippen LogP contribution in [0.15, 0.2) is 30.3 Å². The molecule has 0 heterocycles. The molecule has 1 aromatic carbocycles. The Labute approximate surface area is 125 Å². The number of benzene rings is 1. The number of aliphatic carboxylic acids is 1. The van der Waals surface area contributed by atoms with Gasteiger partial charge in [0.1, 0.15) is 0 Å². The number of anilines is 1. The van der Waals surface area contributed by atoms with Crippen LogP contribution in [-0.4, -0.2) is 23.7 Å². The minimum atomic E-state index is -0.644. The number of hydrogen-bond acceptors (Lipinski definition) is 2. The van der Waals surface area contributed by atoms with Gasteiger partial charge in [-0.1, -0.05) is 31.0 Å². The van der Waals surface area contributed by atoms with Crippen molar-refractivity contribution in [3.05, 3.63) is 30.3 Å². The summed E-state index contributed by atoms with van der Waals surface area (Å²) in [5, 5.41) is 9.37. The smallest absolute Gasteiger partial charge is 0.308 e. The Bertz CT molecular complexity index is 396. The second-order valence-corrected chi connectivity index (χ2v) is 4.92. The lowest BCUT2D eigenvalue weighted by molar-refractivity contribution is -0.143. The molecule has 0 aliphatic heterocycles. The molecule has 2 rings (SSSR count). The molecule has 0 bridgehead atoms. The van der Waals surface area contributed by atoms with Crippen LogP contribution >= 0.6 is 17.0 Å². The topological polar surface area (TPSA) is 40.5 Å². The molecule has 1 aromatic rings. The number of halogens is 1. The molecule has 1 fully saturated rings. The molecule has 0 amide bonds. The Morgan fingerprint density at radius 3 is 2.47 bits per heavy atom. The van der Waals surface area contributed by atoms with Gasteiger partial charge in [-0.05, 0) is 31.9 Å². The largest absolute Gasteiger partial charge is 0.481 e. The van der Waals surface area contributed by atoms with Gasteiger partial charge >= 0.3 is 5.97 Å². The number of hydrogen-bond donors (Lipinski definition) is 1. The van der Waals surface area contributed by atoms with Gasteiger partial charge in [-0.2, -0.15) is 0 Å². The number of carbonyl (C=O) groups is 1. The van der Waals surface area contributed by atoms with Crippen LogP contribution in [-0.2, 0) is 4.79 Å². The number of carboxylic acids is 1. The molecule has 1 aliphatic carbocycles. The van der Waals surface area contributed by atoms with Crippen molar-refractivity contribution in [2.45, 2.75) is 38.6 Å². The van der Waals surface area contributed by atoms with Crippen LogP contribution in [0, 0.1) is 5.92 Å². The first-order chi connectivity index (χ1) is 8.74. The SMILES string of the molecule is Br.CCN(c1ccccc1)C1CCCCC1C(=O)O. The average Bonchev–Trinajstić information content (AvgIpc) is 2.41. The van der Waals surface area contributed by atoms with E-state index in [9.17, 15) is 9.90 Å². The zero-order chi connectivity index (χ0) is 13.0. The molecule has 1 N–H and O–H groups in total. The first kappa shape index (κ1) is 16.0. The van der Waals surface area contributed by atoms with Crippen molar-refractivity contribution in [1.29, 1.82) is 0 Å². The van der Waals surface area contributed by atoms with Crippen LogP contribution < -0.4 is 4.90 Å².